The smallest absolute Gasteiger partial charge is 0.261 e. The van der Waals surface area contributed by atoms with Gasteiger partial charge in [-0.2, -0.15) is 0 Å². The lowest BCUT2D eigenvalue weighted by Gasteiger charge is -2.05. The largest absolute Gasteiger partial charge is 0.350 e. The fourth-order valence-electron chi connectivity index (χ4n) is 2.62. The molecule has 0 aliphatic carbocycles. The molecule has 0 bridgehead atoms. The van der Waals surface area contributed by atoms with E-state index >= 15 is 0 Å². The third kappa shape index (κ3) is 3.60. The van der Waals surface area contributed by atoms with Gasteiger partial charge in [0.1, 0.15) is 10.7 Å². The van der Waals surface area contributed by atoms with Gasteiger partial charge in [0.25, 0.3) is 5.91 Å². The molecule has 2 heterocycles. The van der Waals surface area contributed by atoms with E-state index < -0.39 is 0 Å². The highest BCUT2D eigenvalue weighted by atomic mass is 32.2. The van der Waals surface area contributed by atoms with Crippen LogP contribution >= 0.6 is 23.1 Å². The highest BCUT2D eigenvalue weighted by Gasteiger charge is 2.18. The summed E-state index contributed by atoms with van der Waals surface area (Å²) in [7, 11) is 0. The quantitative estimate of drug-likeness (QED) is 0.551. The lowest BCUT2D eigenvalue weighted by Crippen LogP contribution is -2.25. The number of carbonyl (C=O) groups excluding carboxylic acids is 1. The second-order valence-corrected chi connectivity index (χ2v) is 7.68. The van der Waals surface area contributed by atoms with Gasteiger partial charge in [0, 0.05) is 28.3 Å². The standard InChI is InChI=1S/C18H19N3OS2/c1-11-15-12(2)20-13(3)21-18(15)24-16(11)17(22)19-9-10-23-14-7-5-4-6-8-14/h4-8H,9-10H2,1-3H3,(H,19,22). The van der Waals surface area contributed by atoms with Crippen LogP contribution < -0.4 is 5.32 Å². The Labute approximate surface area is 149 Å². The Bertz CT molecular complexity index is 875. The van der Waals surface area contributed by atoms with Crippen LogP contribution in [0.3, 0.4) is 0 Å². The Kier molecular flexibility index (Phi) is 5.16. The summed E-state index contributed by atoms with van der Waals surface area (Å²) in [6.45, 7) is 6.45. The first-order chi connectivity index (χ1) is 11.6. The van der Waals surface area contributed by atoms with E-state index in [0.717, 1.165) is 37.9 Å². The zero-order chi connectivity index (χ0) is 17.1. The minimum Gasteiger partial charge on any atom is -0.350 e. The third-order valence-corrected chi connectivity index (χ3v) is 5.89. The molecular formula is C18H19N3OS2. The van der Waals surface area contributed by atoms with Gasteiger partial charge in [-0.3, -0.25) is 4.79 Å². The number of thiophene rings is 1. The summed E-state index contributed by atoms with van der Waals surface area (Å²) >= 11 is 3.18. The van der Waals surface area contributed by atoms with Gasteiger partial charge in [-0.05, 0) is 38.5 Å². The minimum atomic E-state index is -0.0267. The van der Waals surface area contributed by atoms with Crippen LogP contribution in [-0.2, 0) is 0 Å². The van der Waals surface area contributed by atoms with Crippen molar-refractivity contribution in [2.24, 2.45) is 0 Å². The Morgan fingerprint density at radius 1 is 1.17 bits per heavy atom. The molecule has 0 unspecified atom stereocenters. The number of rotatable bonds is 5. The SMILES string of the molecule is Cc1nc(C)c2c(C)c(C(=O)NCCSc3ccccc3)sc2n1. The molecule has 124 valence electrons. The Morgan fingerprint density at radius 2 is 1.92 bits per heavy atom. The van der Waals surface area contributed by atoms with Gasteiger partial charge in [0.2, 0.25) is 0 Å². The number of carbonyl (C=O) groups is 1. The zero-order valence-electron chi connectivity index (χ0n) is 13.9. The van der Waals surface area contributed by atoms with Crippen molar-refractivity contribution in [3.63, 3.8) is 0 Å². The summed E-state index contributed by atoms with van der Waals surface area (Å²) in [5.41, 5.74) is 1.91. The molecule has 0 atom stereocenters. The van der Waals surface area contributed by atoms with Gasteiger partial charge in [-0.15, -0.1) is 23.1 Å². The minimum absolute atomic E-state index is 0.0267. The molecule has 0 fully saturated rings. The summed E-state index contributed by atoms with van der Waals surface area (Å²) < 4.78 is 0. The number of hydrogen-bond donors (Lipinski definition) is 1. The molecule has 0 saturated heterocycles. The molecule has 1 amide bonds. The first-order valence-electron chi connectivity index (χ1n) is 7.76. The Morgan fingerprint density at radius 3 is 2.67 bits per heavy atom. The van der Waals surface area contributed by atoms with Crippen LogP contribution in [0, 0.1) is 20.8 Å². The number of nitrogens with one attached hydrogen (secondary N) is 1. The van der Waals surface area contributed by atoms with Crippen LogP contribution in [0.2, 0.25) is 0 Å². The van der Waals surface area contributed by atoms with E-state index in [1.165, 1.54) is 16.2 Å². The highest BCUT2D eigenvalue weighted by molar-refractivity contribution is 7.99. The molecule has 0 radical (unpaired) electrons. The number of aromatic nitrogens is 2. The molecule has 3 aromatic rings. The third-order valence-electron chi connectivity index (χ3n) is 3.69. The average Bonchev–Trinajstić information content (AvgIpc) is 2.89. The number of hydrogen-bond acceptors (Lipinski definition) is 5. The maximum absolute atomic E-state index is 12.5. The van der Waals surface area contributed by atoms with Crippen LogP contribution in [0.1, 0.15) is 26.8 Å². The highest BCUT2D eigenvalue weighted by Crippen LogP contribution is 2.31. The number of thioether (sulfide) groups is 1. The fourth-order valence-corrected chi connectivity index (χ4v) is 4.60. The van der Waals surface area contributed by atoms with Gasteiger partial charge in [0.15, 0.2) is 0 Å². The van der Waals surface area contributed by atoms with Crippen molar-refractivity contribution in [2.75, 3.05) is 12.3 Å². The first kappa shape index (κ1) is 16.9. The Balaban J connectivity index is 1.66. The molecule has 1 aromatic carbocycles. The van der Waals surface area contributed by atoms with Crippen molar-refractivity contribution in [1.29, 1.82) is 0 Å². The number of nitrogens with zero attached hydrogens (tertiary/aromatic N) is 2. The summed E-state index contributed by atoms with van der Waals surface area (Å²) in [5, 5.41) is 4.02. The predicted molar refractivity (Wildman–Crippen MR) is 101 cm³/mol. The van der Waals surface area contributed by atoms with Crippen LogP contribution in [-0.4, -0.2) is 28.2 Å². The van der Waals surface area contributed by atoms with Gasteiger partial charge in [-0.1, -0.05) is 18.2 Å². The lowest BCUT2D eigenvalue weighted by molar-refractivity contribution is 0.0960. The summed E-state index contributed by atoms with van der Waals surface area (Å²) in [6, 6.07) is 10.2. The van der Waals surface area contributed by atoms with Gasteiger partial charge in [-0.25, -0.2) is 9.97 Å². The lowest BCUT2D eigenvalue weighted by atomic mass is 10.1. The van der Waals surface area contributed by atoms with E-state index in [2.05, 4.69) is 27.4 Å². The molecule has 0 aliphatic rings. The van der Waals surface area contributed by atoms with Crippen LogP contribution in [0.25, 0.3) is 10.2 Å². The number of amides is 1. The molecule has 3 rings (SSSR count). The second kappa shape index (κ2) is 7.32. The van der Waals surface area contributed by atoms with Crippen molar-refractivity contribution in [2.45, 2.75) is 25.7 Å². The molecule has 24 heavy (non-hydrogen) atoms. The van der Waals surface area contributed by atoms with Crippen molar-refractivity contribution in [3.05, 3.63) is 52.3 Å². The molecule has 1 N–H and O–H groups in total. The number of fused-ring (bicyclic) bond motifs is 1. The van der Waals surface area contributed by atoms with Gasteiger partial charge in [0.05, 0.1) is 4.88 Å². The molecule has 0 saturated carbocycles. The van der Waals surface area contributed by atoms with Crippen LogP contribution in [0.4, 0.5) is 0 Å². The molecule has 2 aromatic heterocycles. The Hall–Kier alpha value is -1.92. The molecule has 4 nitrogen and oxygen atoms in total. The molecule has 6 heteroatoms. The topological polar surface area (TPSA) is 54.9 Å². The molecule has 0 aliphatic heterocycles. The summed E-state index contributed by atoms with van der Waals surface area (Å²) in [5.74, 6) is 1.56. The summed E-state index contributed by atoms with van der Waals surface area (Å²) in [4.78, 5) is 24.2. The van der Waals surface area contributed by atoms with E-state index in [1.807, 2.05) is 39.0 Å². The van der Waals surface area contributed by atoms with E-state index in [4.69, 9.17) is 0 Å². The zero-order valence-corrected chi connectivity index (χ0v) is 15.6. The fraction of sp³-hybridized carbons (Fsp3) is 0.278. The monoisotopic (exact) mass is 357 g/mol. The number of benzene rings is 1. The van der Waals surface area contributed by atoms with Gasteiger partial charge >= 0.3 is 0 Å². The van der Waals surface area contributed by atoms with Crippen LogP contribution in [0.5, 0.6) is 0 Å². The van der Waals surface area contributed by atoms with E-state index in [1.54, 1.807) is 11.8 Å². The van der Waals surface area contributed by atoms with Crippen LogP contribution in [0.15, 0.2) is 35.2 Å². The van der Waals surface area contributed by atoms with E-state index in [0.29, 0.717) is 6.54 Å². The predicted octanol–water partition coefficient (Wildman–Crippen LogP) is 4.14. The maximum atomic E-state index is 12.5. The van der Waals surface area contributed by atoms with Crippen molar-refractivity contribution in [3.8, 4) is 0 Å². The average molecular weight is 358 g/mol. The normalized spacial score (nSPS) is 11.0. The maximum Gasteiger partial charge on any atom is 0.261 e. The number of aryl methyl sites for hydroxylation is 3. The molecule has 0 spiro atoms. The van der Waals surface area contributed by atoms with Crippen molar-refractivity contribution < 1.29 is 4.79 Å². The van der Waals surface area contributed by atoms with Crippen molar-refractivity contribution in [1.82, 2.24) is 15.3 Å². The van der Waals surface area contributed by atoms with E-state index in [9.17, 15) is 4.79 Å². The van der Waals surface area contributed by atoms with Gasteiger partial charge < -0.3 is 5.32 Å². The first-order valence-corrected chi connectivity index (χ1v) is 9.57. The summed E-state index contributed by atoms with van der Waals surface area (Å²) in [6.07, 6.45) is 0. The molecular weight excluding hydrogens is 338 g/mol. The second-order valence-electron chi connectivity index (χ2n) is 5.51. The van der Waals surface area contributed by atoms with Crippen molar-refractivity contribution >= 4 is 39.2 Å². The van der Waals surface area contributed by atoms with E-state index in [-0.39, 0.29) is 5.91 Å².